The first-order chi connectivity index (χ1) is 9.09. The molecular formula is C15H21ClN2O. The van der Waals surface area contributed by atoms with Gasteiger partial charge < -0.3 is 10.2 Å². The molecule has 1 aliphatic heterocycles. The lowest BCUT2D eigenvalue weighted by molar-refractivity contribution is -0.137. The molecule has 1 amide bonds. The zero-order valence-electron chi connectivity index (χ0n) is 11.5. The fourth-order valence-electron chi connectivity index (χ4n) is 2.54. The highest BCUT2D eigenvalue weighted by atomic mass is 35.5. The van der Waals surface area contributed by atoms with Crippen LogP contribution in [0, 0.1) is 5.92 Å². The molecule has 1 heterocycles. The number of hydrogen-bond acceptors (Lipinski definition) is 2. The second-order valence-corrected chi connectivity index (χ2v) is 5.64. The molecule has 1 unspecified atom stereocenters. The lowest BCUT2D eigenvalue weighted by atomic mass is 9.95. The molecule has 0 aliphatic carbocycles. The number of benzene rings is 1. The van der Waals surface area contributed by atoms with Crippen LogP contribution in [0.2, 0.25) is 5.02 Å². The predicted molar refractivity (Wildman–Crippen MR) is 78.2 cm³/mol. The number of amides is 1. The Balaban J connectivity index is 2.05. The van der Waals surface area contributed by atoms with Crippen molar-refractivity contribution in [3.63, 3.8) is 0 Å². The average Bonchev–Trinajstić information content (AvgIpc) is 2.46. The molecule has 4 heteroatoms. The molecule has 1 N–H and O–H groups in total. The van der Waals surface area contributed by atoms with Crippen molar-refractivity contribution in [3.05, 3.63) is 34.9 Å². The van der Waals surface area contributed by atoms with Crippen molar-refractivity contribution in [2.45, 2.75) is 25.8 Å². The van der Waals surface area contributed by atoms with E-state index in [-0.39, 0.29) is 17.9 Å². The third-order valence-electron chi connectivity index (χ3n) is 3.95. The maximum atomic E-state index is 12.5. The maximum absolute atomic E-state index is 12.5. The molecule has 1 atom stereocenters. The molecule has 1 aliphatic rings. The van der Waals surface area contributed by atoms with E-state index in [9.17, 15) is 4.79 Å². The van der Waals surface area contributed by atoms with Crippen LogP contribution in [0.1, 0.15) is 31.4 Å². The summed E-state index contributed by atoms with van der Waals surface area (Å²) in [5.41, 5.74) is 1.08. The summed E-state index contributed by atoms with van der Waals surface area (Å²) in [6, 6.07) is 7.78. The topological polar surface area (TPSA) is 32.3 Å². The summed E-state index contributed by atoms with van der Waals surface area (Å²) in [5.74, 6) is 0.404. The molecule has 1 aromatic rings. The Morgan fingerprint density at radius 3 is 2.74 bits per heavy atom. The number of nitrogens with zero attached hydrogens (tertiary/aromatic N) is 1. The minimum absolute atomic E-state index is 0.0566. The smallest absolute Gasteiger partial charge is 0.226 e. The quantitative estimate of drug-likeness (QED) is 0.923. The molecule has 0 bridgehead atoms. The highest BCUT2D eigenvalue weighted by Crippen LogP contribution is 2.25. The van der Waals surface area contributed by atoms with Gasteiger partial charge in [-0.1, -0.05) is 23.7 Å². The molecule has 2 rings (SSSR count). The number of halogens is 1. The van der Waals surface area contributed by atoms with Gasteiger partial charge in [-0.25, -0.2) is 0 Å². The van der Waals surface area contributed by atoms with Crippen LogP contribution in [0.3, 0.4) is 0 Å². The van der Waals surface area contributed by atoms with E-state index in [0.717, 1.165) is 31.5 Å². The van der Waals surface area contributed by atoms with E-state index in [1.165, 1.54) is 0 Å². The van der Waals surface area contributed by atoms with E-state index in [4.69, 9.17) is 11.6 Å². The van der Waals surface area contributed by atoms with Crippen LogP contribution >= 0.6 is 11.6 Å². The summed E-state index contributed by atoms with van der Waals surface area (Å²) >= 11 is 6.01. The molecule has 1 saturated heterocycles. The van der Waals surface area contributed by atoms with E-state index < -0.39 is 0 Å². The van der Waals surface area contributed by atoms with E-state index in [2.05, 4.69) is 5.32 Å². The fraction of sp³-hybridized carbons (Fsp3) is 0.533. The Kier molecular flexibility index (Phi) is 4.83. The van der Waals surface area contributed by atoms with Crippen LogP contribution in [0.5, 0.6) is 0 Å². The number of nitrogens with one attached hydrogen (secondary N) is 1. The summed E-state index contributed by atoms with van der Waals surface area (Å²) in [4.78, 5) is 14.3. The minimum atomic E-state index is 0.0566. The van der Waals surface area contributed by atoms with Crippen LogP contribution in [-0.4, -0.2) is 30.9 Å². The Labute approximate surface area is 119 Å². The van der Waals surface area contributed by atoms with Gasteiger partial charge in [0.2, 0.25) is 5.91 Å². The number of rotatable bonds is 3. The van der Waals surface area contributed by atoms with Crippen molar-refractivity contribution >= 4 is 17.5 Å². The predicted octanol–water partition coefficient (Wildman–Crippen LogP) is 2.86. The molecule has 0 spiro atoms. The van der Waals surface area contributed by atoms with Gasteiger partial charge in [-0.3, -0.25) is 4.79 Å². The van der Waals surface area contributed by atoms with Crippen molar-refractivity contribution in [3.8, 4) is 0 Å². The molecule has 104 valence electrons. The summed E-state index contributed by atoms with van der Waals surface area (Å²) in [6.07, 6.45) is 1.87. The molecule has 3 nitrogen and oxygen atoms in total. The van der Waals surface area contributed by atoms with Gasteiger partial charge in [0.25, 0.3) is 0 Å². The molecule has 1 aromatic carbocycles. The summed E-state index contributed by atoms with van der Waals surface area (Å²) in [7, 11) is 1.88. The number of piperidine rings is 1. The van der Waals surface area contributed by atoms with Gasteiger partial charge >= 0.3 is 0 Å². The van der Waals surface area contributed by atoms with Crippen molar-refractivity contribution in [2.75, 3.05) is 20.1 Å². The number of hydrogen-bond donors (Lipinski definition) is 1. The first-order valence-electron chi connectivity index (χ1n) is 6.82. The largest absolute Gasteiger partial charge is 0.339 e. The van der Waals surface area contributed by atoms with E-state index in [0.29, 0.717) is 5.02 Å². The molecule has 0 saturated carbocycles. The zero-order valence-corrected chi connectivity index (χ0v) is 12.3. The Bertz CT molecular complexity index is 444. The minimum Gasteiger partial charge on any atom is -0.339 e. The van der Waals surface area contributed by atoms with E-state index in [1.807, 2.05) is 43.1 Å². The van der Waals surface area contributed by atoms with Crippen molar-refractivity contribution in [2.24, 2.45) is 5.92 Å². The van der Waals surface area contributed by atoms with Gasteiger partial charge in [0.15, 0.2) is 0 Å². The number of carbonyl (C=O) groups excluding carboxylic acids is 1. The first kappa shape index (κ1) is 14.4. The lowest BCUT2D eigenvalue weighted by Crippen LogP contribution is -2.40. The third-order valence-corrected chi connectivity index (χ3v) is 4.18. The van der Waals surface area contributed by atoms with Gasteiger partial charge in [0, 0.05) is 18.0 Å². The van der Waals surface area contributed by atoms with Crippen LogP contribution in [0.15, 0.2) is 24.3 Å². The van der Waals surface area contributed by atoms with Gasteiger partial charge in [-0.15, -0.1) is 0 Å². The maximum Gasteiger partial charge on any atom is 0.226 e. The molecule has 1 fully saturated rings. The molecule has 0 aromatic heterocycles. The van der Waals surface area contributed by atoms with Crippen molar-refractivity contribution < 1.29 is 4.79 Å². The Morgan fingerprint density at radius 1 is 1.42 bits per heavy atom. The second kappa shape index (κ2) is 6.40. The average molecular weight is 281 g/mol. The lowest BCUT2D eigenvalue weighted by Gasteiger charge is -2.31. The van der Waals surface area contributed by atoms with Crippen LogP contribution in [0.4, 0.5) is 0 Å². The first-order valence-corrected chi connectivity index (χ1v) is 7.20. The Hall–Kier alpha value is -1.06. The summed E-state index contributed by atoms with van der Waals surface area (Å²) < 4.78 is 0. The standard InChI is InChI=1S/C15H21ClN2O/c1-11(13-4-3-5-14(16)10-13)18(2)15(19)12-6-8-17-9-7-12/h3-5,10-12,17H,6-9H2,1-2H3. The van der Waals surface area contributed by atoms with E-state index in [1.54, 1.807) is 0 Å². The second-order valence-electron chi connectivity index (χ2n) is 5.20. The summed E-state index contributed by atoms with van der Waals surface area (Å²) in [5, 5.41) is 4.00. The van der Waals surface area contributed by atoms with Gasteiger partial charge in [0.05, 0.1) is 6.04 Å². The monoisotopic (exact) mass is 280 g/mol. The van der Waals surface area contributed by atoms with Gasteiger partial charge in [0.1, 0.15) is 0 Å². The van der Waals surface area contributed by atoms with Crippen LogP contribution in [-0.2, 0) is 4.79 Å². The summed E-state index contributed by atoms with van der Waals surface area (Å²) in [6.45, 7) is 3.93. The number of carbonyl (C=O) groups is 1. The SMILES string of the molecule is CC(c1cccc(Cl)c1)N(C)C(=O)C1CCNCC1. The van der Waals surface area contributed by atoms with Crippen molar-refractivity contribution in [1.29, 1.82) is 0 Å². The fourth-order valence-corrected chi connectivity index (χ4v) is 2.74. The third kappa shape index (κ3) is 3.48. The Morgan fingerprint density at radius 2 is 2.11 bits per heavy atom. The van der Waals surface area contributed by atoms with Gasteiger partial charge in [-0.05, 0) is 50.6 Å². The van der Waals surface area contributed by atoms with Crippen LogP contribution < -0.4 is 5.32 Å². The zero-order chi connectivity index (χ0) is 13.8. The normalized spacial score (nSPS) is 18.1. The molecule has 19 heavy (non-hydrogen) atoms. The molecule has 0 radical (unpaired) electrons. The molecular weight excluding hydrogens is 260 g/mol. The highest BCUT2D eigenvalue weighted by Gasteiger charge is 2.26. The highest BCUT2D eigenvalue weighted by molar-refractivity contribution is 6.30. The van der Waals surface area contributed by atoms with Gasteiger partial charge in [-0.2, -0.15) is 0 Å². The van der Waals surface area contributed by atoms with Crippen LogP contribution in [0.25, 0.3) is 0 Å². The van der Waals surface area contributed by atoms with Crippen molar-refractivity contribution in [1.82, 2.24) is 10.2 Å². The van der Waals surface area contributed by atoms with E-state index >= 15 is 0 Å².